The molecule has 0 unspecified atom stereocenters. The Kier molecular flexibility index (Phi) is 3.64. The van der Waals surface area contributed by atoms with Gasteiger partial charge in [0.05, 0.1) is 12.3 Å². The lowest BCUT2D eigenvalue weighted by molar-refractivity contribution is -0.402. The highest BCUT2D eigenvalue weighted by Gasteiger charge is 2.22. The minimum atomic E-state index is -0.552. The third kappa shape index (κ3) is 2.69. The average Bonchev–Trinajstić information content (AvgIpc) is 2.77. The number of furan rings is 1. The molecule has 0 spiro atoms. The predicted octanol–water partition coefficient (Wildman–Crippen LogP) is 2.78. The molecule has 6 heteroatoms. The molecule has 0 N–H and O–H groups in total. The van der Waals surface area contributed by atoms with Crippen molar-refractivity contribution in [2.24, 2.45) is 5.10 Å². The van der Waals surface area contributed by atoms with E-state index in [1.165, 1.54) is 12.5 Å². The molecule has 0 aliphatic carbocycles. The molecular weight excluding hydrogens is 234 g/mol. The second-order valence-corrected chi connectivity index (χ2v) is 4.69. The minimum Gasteiger partial charge on any atom is -0.400 e. The molecule has 0 bridgehead atoms. The largest absolute Gasteiger partial charge is 0.433 e. The van der Waals surface area contributed by atoms with E-state index in [4.69, 9.17) is 4.42 Å². The van der Waals surface area contributed by atoms with Crippen LogP contribution in [0.25, 0.3) is 0 Å². The highest BCUT2D eigenvalue weighted by Crippen LogP contribution is 2.22. The Hall–Kier alpha value is -1.85. The zero-order valence-corrected chi connectivity index (χ0v) is 10.6. The maximum atomic E-state index is 10.5. The lowest BCUT2D eigenvalue weighted by Gasteiger charge is -2.36. The second-order valence-electron chi connectivity index (χ2n) is 4.69. The van der Waals surface area contributed by atoms with Crippen molar-refractivity contribution in [2.45, 2.75) is 45.2 Å². The fraction of sp³-hybridized carbons (Fsp3) is 0.583. The topological polar surface area (TPSA) is 71.9 Å². The summed E-state index contributed by atoms with van der Waals surface area (Å²) in [6, 6.07) is 3.69. The third-order valence-corrected chi connectivity index (χ3v) is 3.26. The summed E-state index contributed by atoms with van der Waals surface area (Å²) < 4.78 is 5.03. The Bertz CT molecular complexity index is 445. The average molecular weight is 251 g/mol. The maximum Gasteiger partial charge on any atom is 0.433 e. The first-order valence-electron chi connectivity index (χ1n) is 6.14. The molecule has 2 heterocycles. The minimum absolute atomic E-state index is 0.254. The van der Waals surface area contributed by atoms with Gasteiger partial charge in [0.25, 0.3) is 0 Å². The lowest BCUT2D eigenvalue weighted by atomic mass is 10.00. The quantitative estimate of drug-likeness (QED) is 0.470. The molecule has 98 valence electrons. The van der Waals surface area contributed by atoms with Gasteiger partial charge in [0.15, 0.2) is 5.76 Å². The normalized spacial score (nSPS) is 24.7. The molecule has 2 atom stereocenters. The van der Waals surface area contributed by atoms with Gasteiger partial charge in [0.1, 0.15) is 4.92 Å². The van der Waals surface area contributed by atoms with Crippen molar-refractivity contribution in [1.29, 1.82) is 0 Å². The fourth-order valence-corrected chi connectivity index (χ4v) is 2.27. The molecule has 1 fully saturated rings. The van der Waals surface area contributed by atoms with Crippen LogP contribution in [0.1, 0.15) is 38.9 Å². The highest BCUT2D eigenvalue weighted by atomic mass is 16.6. The molecule has 0 aromatic carbocycles. The molecule has 6 nitrogen and oxygen atoms in total. The van der Waals surface area contributed by atoms with Crippen molar-refractivity contribution in [3.63, 3.8) is 0 Å². The predicted molar refractivity (Wildman–Crippen MR) is 67.6 cm³/mol. The SMILES string of the molecule is C[C@H]1CCC[C@H](C)N1/N=C\c1ccc([N+](=O)[O-])o1. The van der Waals surface area contributed by atoms with E-state index in [9.17, 15) is 10.1 Å². The van der Waals surface area contributed by atoms with Crippen molar-refractivity contribution < 1.29 is 9.34 Å². The van der Waals surface area contributed by atoms with Crippen LogP contribution in [0.5, 0.6) is 0 Å². The van der Waals surface area contributed by atoms with E-state index in [2.05, 4.69) is 18.9 Å². The van der Waals surface area contributed by atoms with Gasteiger partial charge in [-0.25, -0.2) is 0 Å². The van der Waals surface area contributed by atoms with Crippen LogP contribution in [0, 0.1) is 10.1 Å². The molecule has 1 aliphatic rings. The molecular formula is C12H17N3O3. The van der Waals surface area contributed by atoms with E-state index in [0.717, 1.165) is 12.8 Å². The molecule has 0 amide bonds. The van der Waals surface area contributed by atoms with Crippen LogP contribution < -0.4 is 0 Å². The number of piperidine rings is 1. The third-order valence-electron chi connectivity index (χ3n) is 3.26. The zero-order chi connectivity index (χ0) is 13.1. The van der Waals surface area contributed by atoms with Gasteiger partial charge in [0, 0.05) is 12.1 Å². The Morgan fingerprint density at radius 2 is 2.11 bits per heavy atom. The van der Waals surface area contributed by atoms with Crippen LogP contribution in [0.4, 0.5) is 5.88 Å². The van der Waals surface area contributed by atoms with Crippen molar-refractivity contribution in [2.75, 3.05) is 0 Å². The summed E-state index contributed by atoms with van der Waals surface area (Å²) in [5.41, 5.74) is 0. The van der Waals surface area contributed by atoms with Crippen molar-refractivity contribution in [1.82, 2.24) is 5.01 Å². The first-order valence-corrected chi connectivity index (χ1v) is 6.14. The summed E-state index contributed by atoms with van der Waals surface area (Å²) in [4.78, 5) is 9.93. The molecule has 1 saturated heterocycles. The van der Waals surface area contributed by atoms with Gasteiger partial charge in [-0.15, -0.1) is 0 Å². The van der Waals surface area contributed by atoms with Gasteiger partial charge in [-0.1, -0.05) is 0 Å². The van der Waals surface area contributed by atoms with Gasteiger partial charge in [-0.05, 0) is 39.2 Å². The van der Waals surface area contributed by atoms with E-state index in [-0.39, 0.29) is 5.88 Å². The Morgan fingerprint density at radius 3 is 2.67 bits per heavy atom. The number of hydrogen-bond acceptors (Lipinski definition) is 5. The van der Waals surface area contributed by atoms with E-state index in [1.54, 1.807) is 12.3 Å². The van der Waals surface area contributed by atoms with Crippen LogP contribution in [0.3, 0.4) is 0 Å². The standard InChI is InChI=1S/C12H17N3O3/c1-9-4-3-5-10(2)14(9)13-8-11-6-7-12(18-11)15(16)17/h6-10H,3-5H2,1-2H3/b13-8-/t9-,10-/m0/s1. The Labute approximate surface area is 105 Å². The number of nitro groups is 1. The summed E-state index contributed by atoms with van der Waals surface area (Å²) in [7, 11) is 0. The van der Waals surface area contributed by atoms with Gasteiger partial charge in [-0.3, -0.25) is 15.1 Å². The van der Waals surface area contributed by atoms with Crippen LogP contribution in [-0.4, -0.2) is 28.2 Å². The van der Waals surface area contributed by atoms with Crippen LogP contribution in [0.15, 0.2) is 21.7 Å². The molecule has 0 radical (unpaired) electrons. The molecule has 0 saturated carbocycles. The van der Waals surface area contributed by atoms with E-state index >= 15 is 0 Å². The highest BCUT2D eigenvalue weighted by molar-refractivity contribution is 5.76. The van der Waals surface area contributed by atoms with Crippen LogP contribution in [-0.2, 0) is 0 Å². The van der Waals surface area contributed by atoms with Crippen molar-refractivity contribution >= 4 is 12.1 Å². The summed E-state index contributed by atoms with van der Waals surface area (Å²) in [6.45, 7) is 4.27. The molecule has 1 aromatic heterocycles. The summed E-state index contributed by atoms with van der Waals surface area (Å²) >= 11 is 0. The van der Waals surface area contributed by atoms with Gasteiger partial charge < -0.3 is 4.42 Å². The summed E-state index contributed by atoms with van der Waals surface area (Å²) in [5, 5.41) is 16.9. The van der Waals surface area contributed by atoms with Crippen LogP contribution >= 0.6 is 0 Å². The molecule has 1 aromatic rings. The van der Waals surface area contributed by atoms with E-state index in [1.807, 2.05) is 5.01 Å². The number of hydrazone groups is 1. The smallest absolute Gasteiger partial charge is 0.400 e. The van der Waals surface area contributed by atoms with E-state index < -0.39 is 4.92 Å². The van der Waals surface area contributed by atoms with Gasteiger partial charge in [-0.2, -0.15) is 5.10 Å². The van der Waals surface area contributed by atoms with Crippen LogP contribution in [0.2, 0.25) is 0 Å². The number of hydrogen-bond donors (Lipinski definition) is 0. The van der Waals surface area contributed by atoms with Crippen molar-refractivity contribution in [3.05, 3.63) is 28.0 Å². The van der Waals surface area contributed by atoms with E-state index in [0.29, 0.717) is 17.8 Å². The Morgan fingerprint density at radius 1 is 1.44 bits per heavy atom. The van der Waals surface area contributed by atoms with Gasteiger partial charge >= 0.3 is 5.88 Å². The fourth-order valence-electron chi connectivity index (χ4n) is 2.27. The summed E-state index contributed by atoms with van der Waals surface area (Å²) in [5.74, 6) is 0.155. The second kappa shape index (κ2) is 5.20. The first-order chi connectivity index (χ1) is 8.58. The monoisotopic (exact) mass is 251 g/mol. The number of rotatable bonds is 3. The lowest BCUT2D eigenvalue weighted by Crippen LogP contribution is -2.39. The first kappa shape index (κ1) is 12.6. The Balaban J connectivity index is 2.06. The van der Waals surface area contributed by atoms with Crippen molar-refractivity contribution in [3.8, 4) is 0 Å². The summed E-state index contributed by atoms with van der Waals surface area (Å²) in [6.07, 6.45) is 5.02. The van der Waals surface area contributed by atoms with Gasteiger partial charge in [0.2, 0.25) is 0 Å². The molecule has 1 aliphatic heterocycles. The molecule has 18 heavy (non-hydrogen) atoms. The number of nitrogens with zero attached hydrogens (tertiary/aromatic N) is 3. The molecule has 2 rings (SSSR count). The zero-order valence-electron chi connectivity index (χ0n) is 10.6. The maximum absolute atomic E-state index is 10.5.